The number of sulfone groups is 1. The largest absolute Gasteiger partial charge is 0.241 e. The monoisotopic (exact) mass is 371 g/mol. The van der Waals surface area contributed by atoms with Gasteiger partial charge in [-0.05, 0) is 49.8 Å². The van der Waals surface area contributed by atoms with E-state index < -0.39 is 25.4 Å². The Morgan fingerprint density at radius 3 is 2.25 bits per heavy atom. The van der Waals surface area contributed by atoms with Crippen molar-refractivity contribution >= 4 is 19.9 Å². The van der Waals surface area contributed by atoms with Crippen LogP contribution >= 0.6 is 0 Å². The summed E-state index contributed by atoms with van der Waals surface area (Å²) in [4.78, 5) is 0.201. The lowest BCUT2D eigenvalue weighted by atomic mass is 9.84. The Balaban J connectivity index is 1.75. The first-order valence-corrected chi connectivity index (χ1v) is 11.8. The molecular formula is C17H25NO4S2. The van der Waals surface area contributed by atoms with Gasteiger partial charge in [-0.25, -0.2) is 21.6 Å². The summed E-state index contributed by atoms with van der Waals surface area (Å²) in [6, 6.07) is 7.08. The van der Waals surface area contributed by atoms with Crippen LogP contribution in [0.5, 0.6) is 0 Å². The molecule has 1 N–H and O–H groups in total. The van der Waals surface area contributed by atoms with Gasteiger partial charge in [-0.2, -0.15) is 0 Å². The Morgan fingerprint density at radius 1 is 1.08 bits per heavy atom. The Morgan fingerprint density at radius 2 is 1.71 bits per heavy atom. The van der Waals surface area contributed by atoms with E-state index in [1.807, 2.05) is 12.1 Å². The highest BCUT2D eigenvalue weighted by atomic mass is 32.2. The van der Waals surface area contributed by atoms with Crippen LogP contribution in [0.25, 0.3) is 0 Å². The molecule has 134 valence electrons. The average Bonchev–Trinajstić information content (AvgIpc) is 2.81. The van der Waals surface area contributed by atoms with Crippen LogP contribution in [0.1, 0.15) is 56.9 Å². The summed E-state index contributed by atoms with van der Waals surface area (Å²) >= 11 is 0. The molecular weight excluding hydrogens is 346 g/mol. The molecule has 0 spiro atoms. The van der Waals surface area contributed by atoms with E-state index in [2.05, 4.69) is 4.72 Å². The van der Waals surface area contributed by atoms with Gasteiger partial charge in [0.05, 0.1) is 16.4 Å². The predicted molar refractivity (Wildman–Crippen MR) is 94.3 cm³/mol. The fourth-order valence-corrected chi connectivity index (χ4v) is 7.45. The van der Waals surface area contributed by atoms with Crippen molar-refractivity contribution in [1.29, 1.82) is 0 Å². The molecule has 0 aromatic heterocycles. The number of rotatable bonds is 4. The lowest BCUT2D eigenvalue weighted by Gasteiger charge is -2.24. The molecule has 1 aromatic carbocycles. The molecule has 5 nitrogen and oxygen atoms in total. The molecule has 1 atom stereocenters. The van der Waals surface area contributed by atoms with Gasteiger partial charge in [0.15, 0.2) is 9.84 Å². The van der Waals surface area contributed by atoms with Crippen LogP contribution in [0.4, 0.5) is 0 Å². The average molecular weight is 372 g/mol. The summed E-state index contributed by atoms with van der Waals surface area (Å²) in [6.07, 6.45) is 6.40. The lowest BCUT2D eigenvalue weighted by Crippen LogP contribution is -2.46. The molecule has 1 heterocycles. The number of hydrogen-bond acceptors (Lipinski definition) is 4. The summed E-state index contributed by atoms with van der Waals surface area (Å²) in [5, 5.41) is 0. The smallest absolute Gasteiger partial charge is 0.229 e. The second kappa shape index (κ2) is 6.42. The highest BCUT2D eigenvalue weighted by Crippen LogP contribution is 2.33. The first-order valence-electron chi connectivity index (χ1n) is 8.54. The van der Waals surface area contributed by atoms with E-state index in [9.17, 15) is 16.8 Å². The van der Waals surface area contributed by atoms with E-state index in [4.69, 9.17) is 0 Å². The van der Waals surface area contributed by atoms with Gasteiger partial charge in [0.1, 0.15) is 0 Å². The van der Waals surface area contributed by atoms with Crippen LogP contribution in [0.2, 0.25) is 0 Å². The van der Waals surface area contributed by atoms with Gasteiger partial charge in [0, 0.05) is 5.54 Å². The third-order valence-corrected chi connectivity index (χ3v) is 8.71. The van der Waals surface area contributed by atoms with Gasteiger partial charge < -0.3 is 0 Å². The molecule has 2 aliphatic rings. The molecule has 7 heteroatoms. The van der Waals surface area contributed by atoms with Crippen LogP contribution in [-0.4, -0.2) is 33.9 Å². The zero-order chi connectivity index (χ0) is 17.4. The van der Waals surface area contributed by atoms with E-state index in [-0.39, 0.29) is 16.4 Å². The van der Waals surface area contributed by atoms with Gasteiger partial charge in [-0.1, -0.05) is 31.4 Å². The van der Waals surface area contributed by atoms with Crippen molar-refractivity contribution in [3.8, 4) is 0 Å². The molecule has 1 aromatic rings. The van der Waals surface area contributed by atoms with Crippen molar-refractivity contribution in [2.24, 2.45) is 0 Å². The number of benzene rings is 1. The van der Waals surface area contributed by atoms with E-state index in [1.165, 1.54) is 37.7 Å². The topological polar surface area (TPSA) is 80.3 Å². The molecule has 2 fully saturated rings. The molecule has 1 saturated carbocycles. The highest BCUT2D eigenvalue weighted by Gasteiger charge is 2.41. The molecule has 0 bridgehead atoms. The standard InChI is InChI=1S/C17H25NO4S2/c1-17(11-12-23(19,20)13-17)18-24(21,22)16-9-7-15(8-10-16)14-5-3-2-4-6-14/h7-10,14,18H,2-6,11-13H2,1H3/t17-/m0/s1. The Hall–Kier alpha value is -0.920. The van der Waals surface area contributed by atoms with Crippen molar-refractivity contribution in [1.82, 2.24) is 4.72 Å². The Kier molecular flexibility index (Phi) is 4.79. The van der Waals surface area contributed by atoms with Crippen LogP contribution in [-0.2, 0) is 19.9 Å². The van der Waals surface area contributed by atoms with Gasteiger partial charge in [0.2, 0.25) is 10.0 Å². The Labute approximate surface area is 144 Å². The first-order chi connectivity index (χ1) is 11.2. The maximum absolute atomic E-state index is 12.6. The zero-order valence-electron chi connectivity index (χ0n) is 14.0. The fourth-order valence-electron chi connectivity index (χ4n) is 3.83. The van der Waals surface area contributed by atoms with E-state index in [0.29, 0.717) is 12.3 Å². The maximum Gasteiger partial charge on any atom is 0.241 e. The maximum atomic E-state index is 12.6. The molecule has 1 saturated heterocycles. The fraction of sp³-hybridized carbons (Fsp3) is 0.647. The predicted octanol–water partition coefficient (Wildman–Crippen LogP) is 2.59. The Bertz CT molecular complexity index is 793. The van der Waals surface area contributed by atoms with Gasteiger partial charge in [0.25, 0.3) is 0 Å². The van der Waals surface area contributed by atoms with Gasteiger partial charge in [-0.15, -0.1) is 0 Å². The van der Waals surface area contributed by atoms with Crippen molar-refractivity contribution in [3.05, 3.63) is 29.8 Å². The van der Waals surface area contributed by atoms with Crippen molar-refractivity contribution in [3.63, 3.8) is 0 Å². The molecule has 0 radical (unpaired) electrons. The zero-order valence-corrected chi connectivity index (χ0v) is 15.6. The minimum Gasteiger partial charge on any atom is -0.229 e. The molecule has 24 heavy (non-hydrogen) atoms. The highest BCUT2D eigenvalue weighted by molar-refractivity contribution is 7.92. The summed E-state index contributed by atoms with van der Waals surface area (Å²) in [7, 11) is -6.87. The minimum atomic E-state index is -3.71. The van der Waals surface area contributed by atoms with Crippen molar-refractivity contribution in [2.75, 3.05) is 11.5 Å². The lowest BCUT2D eigenvalue weighted by molar-refractivity contribution is 0.443. The molecule has 1 aliphatic carbocycles. The SMILES string of the molecule is C[C@]1(NS(=O)(=O)c2ccc(C3CCCCC3)cc2)CCS(=O)(=O)C1. The van der Waals surface area contributed by atoms with Crippen LogP contribution < -0.4 is 4.72 Å². The molecule has 0 unspecified atom stereocenters. The second-order valence-corrected chi connectivity index (χ2v) is 11.3. The van der Waals surface area contributed by atoms with Gasteiger partial charge in [-0.3, -0.25) is 0 Å². The first kappa shape index (κ1) is 17.9. The van der Waals surface area contributed by atoms with E-state index in [0.717, 1.165) is 0 Å². The van der Waals surface area contributed by atoms with E-state index in [1.54, 1.807) is 19.1 Å². The summed E-state index contributed by atoms with van der Waals surface area (Å²) in [5.41, 5.74) is 0.281. The minimum absolute atomic E-state index is 0.0344. The normalized spacial score (nSPS) is 28.0. The summed E-state index contributed by atoms with van der Waals surface area (Å²) in [6.45, 7) is 1.66. The van der Waals surface area contributed by atoms with Crippen LogP contribution in [0, 0.1) is 0 Å². The second-order valence-electron chi connectivity index (χ2n) is 7.41. The number of hydrogen-bond donors (Lipinski definition) is 1. The van der Waals surface area contributed by atoms with Crippen molar-refractivity contribution < 1.29 is 16.8 Å². The summed E-state index contributed by atoms with van der Waals surface area (Å²) in [5.74, 6) is 0.424. The molecule has 1 aliphatic heterocycles. The third-order valence-electron chi connectivity index (χ3n) is 5.15. The number of sulfonamides is 1. The number of nitrogens with one attached hydrogen (secondary N) is 1. The molecule has 3 rings (SSSR count). The third kappa shape index (κ3) is 4.00. The summed E-state index contributed by atoms with van der Waals surface area (Å²) < 4.78 is 51.1. The van der Waals surface area contributed by atoms with Crippen LogP contribution in [0.3, 0.4) is 0 Å². The van der Waals surface area contributed by atoms with Crippen LogP contribution in [0.15, 0.2) is 29.2 Å². The van der Waals surface area contributed by atoms with E-state index >= 15 is 0 Å². The van der Waals surface area contributed by atoms with Gasteiger partial charge >= 0.3 is 0 Å². The molecule has 0 amide bonds. The quantitative estimate of drug-likeness (QED) is 0.882. The van der Waals surface area contributed by atoms with Crippen molar-refractivity contribution in [2.45, 2.75) is 61.8 Å².